The summed E-state index contributed by atoms with van der Waals surface area (Å²) in [5, 5.41) is 0.344. The molecule has 128 valence electrons. The molecule has 0 saturated carbocycles. The highest BCUT2D eigenvalue weighted by atomic mass is 35.5. The zero-order valence-electron chi connectivity index (χ0n) is 13.6. The quantitative estimate of drug-likeness (QED) is 0.857. The highest BCUT2D eigenvalue weighted by Gasteiger charge is 2.28. The van der Waals surface area contributed by atoms with Crippen molar-refractivity contribution in [2.75, 3.05) is 30.3 Å². The molecule has 4 rings (SSSR count). The summed E-state index contributed by atoms with van der Waals surface area (Å²) in [6.07, 6.45) is 2.67. The molecular weight excluding hydrogens is 338 g/mol. The van der Waals surface area contributed by atoms with E-state index in [1.807, 2.05) is 24.4 Å². The molecule has 7 heteroatoms. The number of hydrogen-bond donors (Lipinski definition) is 1. The second-order valence-electron chi connectivity index (χ2n) is 6.03. The number of rotatable bonds is 3. The van der Waals surface area contributed by atoms with Crippen LogP contribution in [0.2, 0.25) is 5.15 Å². The van der Waals surface area contributed by atoms with Gasteiger partial charge in [0.15, 0.2) is 0 Å². The fraction of sp³-hybridized carbons (Fsp3) is 0.278. The van der Waals surface area contributed by atoms with Crippen molar-refractivity contribution >= 4 is 34.7 Å². The van der Waals surface area contributed by atoms with Crippen LogP contribution in [0.15, 0.2) is 47.6 Å². The number of ether oxygens (including phenoxy) is 1. The number of aliphatic imine (C=N–C) groups is 1. The topological polar surface area (TPSA) is 76.6 Å². The molecule has 1 atom stereocenters. The van der Waals surface area contributed by atoms with Crippen molar-refractivity contribution in [2.45, 2.75) is 12.5 Å². The molecule has 1 saturated heterocycles. The normalized spacial score (nSPS) is 20.4. The molecule has 0 spiro atoms. The molecular formula is C18H18ClN5O. The zero-order valence-corrected chi connectivity index (χ0v) is 14.4. The summed E-state index contributed by atoms with van der Waals surface area (Å²) < 4.78 is 5.94. The Morgan fingerprint density at radius 3 is 2.84 bits per heavy atom. The molecule has 2 aliphatic heterocycles. The number of benzene rings is 1. The summed E-state index contributed by atoms with van der Waals surface area (Å²) in [4.78, 5) is 14.9. The molecule has 2 aliphatic rings. The minimum atomic E-state index is -0.0684. The van der Waals surface area contributed by atoms with E-state index in [9.17, 15) is 0 Å². The zero-order chi connectivity index (χ0) is 17.2. The van der Waals surface area contributed by atoms with E-state index in [4.69, 9.17) is 22.1 Å². The smallest absolute Gasteiger partial charge is 0.223 e. The van der Waals surface area contributed by atoms with Crippen molar-refractivity contribution in [3.05, 3.63) is 53.3 Å². The fourth-order valence-electron chi connectivity index (χ4n) is 3.12. The van der Waals surface area contributed by atoms with Crippen LogP contribution in [-0.4, -0.2) is 41.5 Å². The highest BCUT2D eigenvalue weighted by Crippen LogP contribution is 2.27. The number of nitrogens with zero attached hydrogens (tertiary/aromatic N) is 4. The van der Waals surface area contributed by atoms with Gasteiger partial charge in [0, 0.05) is 25.2 Å². The Labute approximate surface area is 151 Å². The third-order valence-electron chi connectivity index (χ3n) is 4.36. The summed E-state index contributed by atoms with van der Waals surface area (Å²) in [7, 11) is 0. The standard InChI is InChI=1S/C18H18ClN5O/c19-16-9-17(23-18(20)22-16)24-6-7-25-15(11-24)14-8-13(10-21-14)12-4-2-1-3-5-12/h1-5,9-10,15H,6-8,11H2,(H2,20,22,23). The third kappa shape index (κ3) is 3.50. The SMILES string of the molecule is Nc1nc(Cl)cc(N2CCOC(C3=NC=C(c4ccccc4)C3)C2)n1. The number of allylic oxidation sites excluding steroid dienone is 1. The molecule has 3 heterocycles. The number of anilines is 2. The number of nitrogen functional groups attached to an aromatic ring is 1. The second kappa shape index (κ2) is 6.82. The van der Waals surface area contributed by atoms with Crippen molar-refractivity contribution in [3.8, 4) is 0 Å². The Morgan fingerprint density at radius 1 is 1.20 bits per heavy atom. The predicted molar refractivity (Wildman–Crippen MR) is 99.9 cm³/mol. The van der Waals surface area contributed by atoms with Crippen molar-refractivity contribution in [3.63, 3.8) is 0 Å². The van der Waals surface area contributed by atoms with Crippen LogP contribution in [0.25, 0.3) is 5.57 Å². The van der Waals surface area contributed by atoms with E-state index in [1.165, 1.54) is 11.1 Å². The van der Waals surface area contributed by atoms with E-state index in [1.54, 1.807) is 6.07 Å². The van der Waals surface area contributed by atoms with Crippen molar-refractivity contribution < 1.29 is 4.74 Å². The van der Waals surface area contributed by atoms with Gasteiger partial charge in [0.25, 0.3) is 0 Å². The monoisotopic (exact) mass is 355 g/mol. The molecule has 0 bridgehead atoms. The second-order valence-corrected chi connectivity index (χ2v) is 6.42. The van der Waals surface area contributed by atoms with Gasteiger partial charge < -0.3 is 15.4 Å². The largest absolute Gasteiger partial charge is 0.369 e. The maximum atomic E-state index is 6.00. The molecule has 0 radical (unpaired) electrons. The summed E-state index contributed by atoms with van der Waals surface area (Å²) in [6.45, 7) is 2.00. The number of morpholine rings is 1. The number of hydrogen-bond acceptors (Lipinski definition) is 6. The van der Waals surface area contributed by atoms with E-state index in [0.29, 0.717) is 18.3 Å². The van der Waals surface area contributed by atoms with E-state index in [0.717, 1.165) is 24.5 Å². The third-order valence-corrected chi connectivity index (χ3v) is 4.56. The minimum Gasteiger partial charge on any atom is -0.369 e. The van der Waals surface area contributed by atoms with Gasteiger partial charge in [-0.25, -0.2) is 4.98 Å². The van der Waals surface area contributed by atoms with Crippen molar-refractivity contribution in [1.29, 1.82) is 0 Å². The number of aromatic nitrogens is 2. The van der Waals surface area contributed by atoms with Crippen LogP contribution in [0.4, 0.5) is 11.8 Å². The fourth-order valence-corrected chi connectivity index (χ4v) is 3.30. The lowest BCUT2D eigenvalue weighted by Gasteiger charge is -2.34. The van der Waals surface area contributed by atoms with Gasteiger partial charge in [-0.3, -0.25) is 4.99 Å². The van der Waals surface area contributed by atoms with Crippen molar-refractivity contribution in [2.24, 2.45) is 4.99 Å². The maximum absolute atomic E-state index is 6.00. The van der Waals surface area contributed by atoms with Gasteiger partial charge in [0.05, 0.1) is 18.9 Å². The molecule has 0 aliphatic carbocycles. The average Bonchev–Trinajstić information content (AvgIpc) is 3.12. The van der Waals surface area contributed by atoms with Gasteiger partial charge in [0.1, 0.15) is 17.1 Å². The lowest BCUT2D eigenvalue weighted by Crippen LogP contribution is -2.46. The number of nitrogens with two attached hydrogens (primary N) is 1. The Kier molecular flexibility index (Phi) is 4.38. The summed E-state index contributed by atoms with van der Waals surface area (Å²) in [6, 6.07) is 12.0. The van der Waals surface area contributed by atoms with E-state index < -0.39 is 0 Å². The predicted octanol–water partition coefficient (Wildman–Crippen LogP) is 2.80. The molecule has 1 unspecified atom stereocenters. The first-order valence-corrected chi connectivity index (χ1v) is 8.54. The molecule has 1 fully saturated rings. The van der Waals surface area contributed by atoms with Crippen LogP contribution in [-0.2, 0) is 4.74 Å². The first-order valence-electron chi connectivity index (χ1n) is 8.17. The molecule has 25 heavy (non-hydrogen) atoms. The average molecular weight is 356 g/mol. The molecule has 1 aromatic heterocycles. The molecule has 0 amide bonds. The van der Waals surface area contributed by atoms with Gasteiger partial charge in [-0.15, -0.1) is 0 Å². The van der Waals surface area contributed by atoms with Crippen LogP contribution < -0.4 is 10.6 Å². The van der Waals surface area contributed by atoms with E-state index >= 15 is 0 Å². The highest BCUT2D eigenvalue weighted by molar-refractivity contribution is 6.29. The maximum Gasteiger partial charge on any atom is 0.223 e. The molecule has 2 N–H and O–H groups in total. The van der Waals surface area contributed by atoms with Gasteiger partial charge >= 0.3 is 0 Å². The Bertz CT molecular complexity index is 816. The lowest BCUT2D eigenvalue weighted by molar-refractivity contribution is 0.0829. The van der Waals surface area contributed by atoms with Crippen LogP contribution >= 0.6 is 11.6 Å². The molecule has 6 nitrogen and oxygen atoms in total. The van der Waals surface area contributed by atoms with E-state index in [-0.39, 0.29) is 12.1 Å². The summed E-state index contributed by atoms with van der Waals surface area (Å²) in [5.41, 5.74) is 9.16. The first-order chi connectivity index (χ1) is 12.2. The summed E-state index contributed by atoms with van der Waals surface area (Å²) >= 11 is 6.00. The number of halogens is 1. The first kappa shape index (κ1) is 16.1. The van der Waals surface area contributed by atoms with Gasteiger partial charge in [0.2, 0.25) is 5.95 Å². The van der Waals surface area contributed by atoms with Crippen LogP contribution in [0.5, 0.6) is 0 Å². The van der Waals surface area contributed by atoms with Crippen molar-refractivity contribution in [1.82, 2.24) is 9.97 Å². The van der Waals surface area contributed by atoms with Gasteiger partial charge in [-0.1, -0.05) is 41.9 Å². The Balaban J connectivity index is 1.46. The van der Waals surface area contributed by atoms with Crippen LogP contribution in [0.1, 0.15) is 12.0 Å². The Hall–Kier alpha value is -2.44. The summed E-state index contributed by atoms with van der Waals surface area (Å²) in [5.74, 6) is 0.900. The minimum absolute atomic E-state index is 0.0684. The molecule has 1 aromatic carbocycles. The van der Waals surface area contributed by atoms with Crippen LogP contribution in [0.3, 0.4) is 0 Å². The lowest BCUT2D eigenvalue weighted by atomic mass is 10.0. The van der Waals surface area contributed by atoms with E-state index in [2.05, 4.69) is 32.0 Å². The van der Waals surface area contributed by atoms with Crippen LogP contribution in [0, 0.1) is 0 Å². The molecule has 2 aromatic rings. The van der Waals surface area contributed by atoms with Gasteiger partial charge in [-0.2, -0.15) is 4.98 Å². The Morgan fingerprint density at radius 2 is 2.04 bits per heavy atom. The van der Waals surface area contributed by atoms with Gasteiger partial charge in [-0.05, 0) is 11.1 Å².